The predicted octanol–water partition coefficient (Wildman–Crippen LogP) is -0.830. The molecule has 2 aromatic heterocycles. The molecular formula is C12H16N6O3S. The van der Waals surface area contributed by atoms with Gasteiger partial charge in [-0.1, -0.05) is 5.21 Å². The minimum absolute atomic E-state index is 0.163. The Labute approximate surface area is 128 Å². The molecule has 0 unspecified atom stereocenters. The number of amides is 1. The molecule has 0 aliphatic rings. The van der Waals surface area contributed by atoms with Gasteiger partial charge in [0.1, 0.15) is 5.69 Å². The van der Waals surface area contributed by atoms with Crippen LogP contribution >= 0.6 is 0 Å². The van der Waals surface area contributed by atoms with Gasteiger partial charge >= 0.3 is 0 Å². The van der Waals surface area contributed by atoms with Gasteiger partial charge in [-0.2, -0.15) is 4.31 Å². The highest BCUT2D eigenvalue weighted by atomic mass is 32.2. The molecule has 118 valence electrons. The van der Waals surface area contributed by atoms with Gasteiger partial charge in [-0.25, -0.2) is 13.1 Å². The Morgan fingerprint density at radius 2 is 2.23 bits per heavy atom. The number of nitrogens with one attached hydrogen (secondary N) is 1. The van der Waals surface area contributed by atoms with Crippen LogP contribution in [0.15, 0.2) is 30.7 Å². The van der Waals surface area contributed by atoms with Crippen molar-refractivity contribution in [3.63, 3.8) is 0 Å². The van der Waals surface area contributed by atoms with E-state index in [4.69, 9.17) is 0 Å². The van der Waals surface area contributed by atoms with Crippen LogP contribution in [0.5, 0.6) is 0 Å². The van der Waals surface area contributed by atoms with E-state index in [1.165, 1.54) is 11.7 Å². The molecule has 0 bridgehead atoms. The second-order valence-corrected chi connectivity index (χ2v) is 6.75. The third-order valence-corrected chi connectivity index (χ3v) is 4.11. The van der Waals surface area contributed by atoms with Crippen LogP contribution in [0.1, 0.15) is 5.69 Å². The average molecular weight is 324 g/mol. The van der Waals surface area contributed by atoms with Crippen molar-refractivity contribution in [1.29, 1.82) is 0 Å². The van der Waals surface area contributed by atoms with E-state index in [-0.39, 0.29) is 13.1 Å². The number of sulfonamides is 1. The Bertz CT molecular complexity index is 743. The van der Waals surface area contributed by atoms with Crippen LogP contribution in [0.4, 0.5) is 0 Å². The first-order chi connectivity index (χ1) is 10.4. The van der Waals surface area contributed by atoms with Crippen LogP contribution in [0, 0.1) is 0 Å². The van der Waals surface area contributed by atoms with Gasteiger partial charge in [-0.15, -0.1) is 5.10 Å². The summed E-state index contributed by atoms with van der Waals surface area (Å²) in [4.78, 5) is 15.6. The van der Waals surface area contributed by atoms with Crippen molar-refractivity contribution in [2.75, 3.05) is 19.8 Å². The first-order valence-electron chi connectivity index (χ1n) is 6.36. The van der Waals surface area contributed by atoms with Crippen LogP contribution in [0.25, 0.3) is 5.69 Å². The van der Waals surface area contributed by atoms with Crippen LogP contribution in [-0.2, 0) is 21.4 Å². The summed E-state index contributed by atoms with van der Waals surface area (Å²) < 4.78 is 24.9. The van der Waals surface area contributed by atoms with Crippen molar-refractivity contribution in [3.8, 4) is 5.69 Å². The highest BCUT2D eigenvalue weighted by molar-refractivity contribution is 7.88. The van der Waals surface area contributed by atoms with E-state index < -0.39 is 15.9 Å². The van der Waals surface area contributed by atoms with Gasteiger partial charge in [0.15, 0.2) is 0 Å². The van der Waals surface area contributed by atoms with Crippen molar-refractivity contribution in [2.24, 2.45) is 0 Å². The third kappa shape index (κ3) is 4.33. The highest BCUT2D eigenvalue weighted by Gasteiger charge is 2.15. The van der Waals surface area contributed by atoms with Gasteiger partial charge in [0, 0.05) is 13.2 Å². The van der Waals surface area contributed by atoms with E-state index in [2.05, 4.69) is 20.6 Å². The zero-order valence-electron chi connectivity index (χ0n) is 12.2. The summed E-state index contributed by atoms with van der Waals surface area (Å²) in [6, 6.07) is 3.60. The molecule has 2 aromatic rings. The van der Waals surface area contributed by atoms with Gasteiger partial charge in [0.05, 0.1) is 37.4 Å². The molecule has 9 nitrogen and oxygen atoms in total. The molecule has 2 heterocycles. The standard InChI is InChI=1S/C12H16N6O3S/c1-17(22(2,20)21)9-12(19)14-6-10-8-18(16-15-10)11-4-3-5-13-7-11/h3-5,7-8H,6,9H2,1-2H3,(H,14,19). The SMILES string of the molecule is CN(CC(=O)NCc1cn(-c2cccnc2)nn1)S(C)(=O)=O. The molecular weight excluding hydrogens is 308 g/mol. The van der Waals surface area contributed by atoms with Crippen molar-refractivity contribution in [2.45, 2.75) is 6.54 Å². The smallest absolute Gasteiger partial charge is 0.235 e. The Morgan fingerprint density at radius 1 is 1.45 bits per heavy atom. The van der Waals surface area contributed by atoms with Crippen molar-refractivity contribution >= 4 is 15.9 Å². The number of rotatable bonds is 6. The summed E-state index contributed by atoms with van der Waals surface area (Å²) in [5.74, 6) is -0.413. The van der Waals surface area contributed by atoms with Gasteiger partial charge in [-0.3, -0.25) is 9.78 Å². The normalized spacial score (nSPS) is 11.6. The number of pyridine rings is 1. The number of aromatic nitrogens is 4. The van der Waals surface area contributed by atoms with Gasteiger partial charge in [0.25, 0.3) is 0 Å². The summed E-state index contributed by atoms with van der Waals surface area (Å²) in [7, 11) is -2.04. The second-order valence-electron chi connectivity index (χ2n) is 4.66. The molecule has 10 heteroatoms. The maximum atomic E-state index is 11.7. The topological polar surface area (TPSA) is 110 Å². The highest BCUT2D eigenvalue weighted by Crippen LogP contribution is 2.03. The Morgan fingerprint density at radius 3 is 2.86 bits per heavy atom. The predicted molar refractivity (Wildman–Crippen MR) is 78.5 cm³/mol. The number of likely N-dealkylation sites (N-methyl/N-ethyl adjacent to an activating group) is 1. The second kappa shape index (κ2) is 6.62. The van der Waals surface area contributed by atoms with E-state index >= 15 is 0 Å². The van der Waals surface area contributed by atoms with Crippen molar-refractivity contribution in [3.05, 3.63) is 36.4 Å². The molecule has 0 aliphatic carbocycles. The number of hydrogen-bond donors (Lipinski definition) is 1. The van der Waals surface area contributed by atoms with Crippen molar-refractivity contribution < 1.29 is 13.2 Å². The average Bonchev–Trinajstić information content (AvgIpc) is 2.94. The zero-order chi connectivity index (χ0) is 16.2. The number of carbonyl (C=O) groups excluding carboxylic acids is 1. The molecule has 0 saturated heterocycles. The quantitative estimate of drug-likeness (QED) is 0.742. The molecule has 0 aliphatic heterocycles. The molecule has 1 N–H and O–H groups in total. The molecule has 0 fully saturated rings. The van der Waals surface area contributed by atoms with Gasteiger partial charge in [0.2, 0.25) is 15.9 Å². The zero-order valence-corrected chi connectivity index (χ0v) is 13.0. The number of hydrogen-bond acceptors (Lipinski definition) is 6. The lowest BCUT2D eigenvalue weighted by molar-refractivity contribution is -0.121. The Balaban J connectivity index is 1.90. The van der Waals surface area contributed by atoms with Crippen LogP contribution in [0.3, 0.4) is 0 Å². The monoisotopic (exact) mass is 324 g/mol. The summed E-state index contributed by atoms with van der Waals surface area (Å²) in [5, 5.41) is 10.5. The summed E-state index contributed by atoms with van der Waals surface area (Å²) in [6.07, 6.45) is 6.00. The number of nitrogens with zero attached hydrogens (tertiary/aromatic N) is 5. The van der Waals surface area contributed by atoms with E-state index in [0.29, 0.717) is 5.69 Å². The fourth-order valence-corrected chi connectivity index (χ4v) is 1.91. The largest absolute Gasteiger partial charge is 0.349 e. The molecule has 1 amide bonds. The van der Waals surface area contributed by atoms with E-state index in [0.717, 1.165) is 16.2 Å². The summed E-state index contributed by atoms with van der Waals surface area (Å²) in [6.45, 7) is -0.0771. The van der Waals surface area contributed by atoms with E-state index in [9.17, 15) is 13.2 Å². The maximum absolute atomic E-state index is 11.7. The van der Waals surface area contributed by atoms with E-state index in [1.54, 1.807) is 24.7 Å². The minimum Gasteiger partial charge on any atom is -0.349 e. The Hall–Kier alpha value is -2.33. The summed E-state index contributed by atoms with van der Waals surface area (Å²) >= 11 is 0. The Kier molecular flexibility index (Phi) is 4.83. The lowest BCUT2D eigenvalue weighted by Crippen LogP contribution is -2.37. The molecule has 0 radical (unpaired) electrons. The van der Waals surface area contributed by atoms with Crippen LogP contribution in [0.2, 0.25) is 0 Å². The molecule has 2 rings (SSSR count). The van der Waals surface area contributed by atoms with Crippen LogP contribution in [-0.4, -0.2) is 58.5 Å². The van der Waals surface area contributed by atoms with Gasteiger partial charge < -0.3 is 5.32 Å². The maximum Gasteiger partial charge on any atom is 0.235 e. The fraction of sp³-hybridized carbons (Fsp3) is 0.333. The van der Waals surface area contributed by atoms with Gasteiger partial charge in [-0.05, 0) is 12.1 Å². The molecule has 0 spiro atoms. The molecule has 0 atom stereocenters. The third-order valence-electron chi connectivity index (χ3n) is 2.85. The molecule has 22 heavy (non-hydrogen) atoms. The number of carbonyl (C=O) groups is 1. The fourth-order valence-electron chi connectivity index (χ4n) is 1.56. The van der Waals surface area contributed by atoms with Crippen molar-refractivity contribution in [1.82, 2.24) is 29.6 Å². The first-order valence-corrected chi connectivity index (χ1v) is 8.21. The summed E-state index contributed by atoms with van der Waals surface area (Å²) in [5.41, 5.74) is 1.31. The van der Waals surface area contributed by atoms with Crippen LogP contribution < -0.4 is 5.32 Å². The molecule has 0 aromatic carbocycles. The first kappa shape index (κ1) is 16.0. The minimum atomic E-state index is -3.38. The molecule has 0 saturated carbocycles. The lowest BCUT2D eigenvalue weighted by atomic mass is 10.4. The van der Waals surface area contributed by atoms with E-state index in [1.807, 2.05) is 6.07 Å². The lowest BCUT2D eigenvalue weighted by Gasteiger charge is -2.13.